The van der Waals surface area contributed by atoms with E-state index in [1.807, 2.05) is 86.0 Å². The van der Waals surface area contributed by atoms with Crippen LogP contribution in [0.2, 0.25) is 0 Å². The number of aromatic nitrogens is 2. The number of benzene rings is 3. The van der Waals surface area contributed by atoms with Gasteiger partial charge in [-0.1, -0.05) is 54.5 Å². The van der Waals surface area contributed by atoms with Gasteiger partial charge in [0.05, 0.1) is 17.3 Å². The van der Waals surface area contributed by atoms with Gasteiger partial charge in [-0.3, -0.25) is 4.90 Å². The number of hydrogen-bond donors (Lipinski definition) is 1. The van der Waals surface area contributed by atoms with Gasteiger partial charge in [0, 0.05) is 16.2 Å². The van der Waals surface area contributed by atoms with Crippen LogP contribution in [0.25, 0.3) is 17.0 Å². The lowest BCUT2D eigenvalue weighted by molar-refractivity contribution is 0.244. The van der Waals surface area contributed by atoms with Crippen molar-refractivity contribution in [1.29, 1.82) is 0 Å². The molecular weight excluding hydrogens is 456 g/mol. The molecule has 4 aromatic rings. The highest BCUT2D eigenvalue weighted by Crippen LogP contribution is 2.39. The Kier molecular flexibility index (Phi) is 6.42. The van der Waals surface area contributed by atoms with Gasteiger partial charge in [-0.05, 0) is 67.1 Å². The molecule has 1 N–H and O–H groups in total. The molecule has 3 aromatic carbocycles. The van der Waals surface area contributed by atoms with E-state index in [9.17, 15) is 4.79 Å². The molecule has 1 unspecified atom stereocenters. The van der Waals surface area contributed by atoms with Crippen LogP contribution >= 0.6 is 11.8 Å². The lowest BCUT2D eigenvalue weighted by Gasteiger charge is -2.35. The summed E-state index contributed by atoms with van der Waals surface area (Å²) in [5.41, 5.74) is 5.31. The van der Waals surface area contributed by atoms with E-state index in [1.54, 1.807) is 16.7 Å². The molecule has 1 aliphatic rings. The van der Waals surface area contributed by atoms with Crippen LogP contribution in [0.4, 0.5) is 10.5 Å². The summed E-state index contributed by atoms with van der Waals surface area (Å²) in [6.45, 7) is 4.03. The van der Waals surface area contributed by atoms with E-state index >= 15 is 0 Å². The Balaban J connectivity index is 1.63. The van der Waals surface area contributed by atoms with E-state index in [0.717, 1.165) is 40.1 Å². The number of nitrogens with one attached hydrogen (secondary N) is 1. The van der Waals surface area contributed by atoms with Gasteiger partial charge in [0.1, 0.15) is 0 Å². The number of carbonyl (C=O) groups excluding carboxylic acids is 1. The third-order valence-electron chi connectivity index (χ3n) is 6.20. The number of allylic oxidation sites excluding steroid dienone is 1. The molecule has 35 heavy (non-hydrogen) atoms. The lowest BCUT2D eigenvalue weighted by Crippen LogP contribution is -2.46. The third-order valence-corrected chi connectivity index (χ3v) is 6.94. The molecule has 2 heterocycles. The summed E-state index contributed by atoms with van der Waals surface area (Å²) in [7, 11) is 0. The van der Waals surface area contributed by atoms with Crippen LogP contribution in [-0.2, 0) is 6.42 Å². The summed E-state index contributed by atoms with van der Waals surface area (Å²) in [4.78, 5) is 21.0. The van der Waals surface area contributed by atoms with Crippen molar-refractivity contribution in [3.63, 3.8) is 0 Å². The van der Waals surface area contributed by atoms with Crippen LogP contribution in [0.3, 0.4) is 0 Å². The first-order valence-electron chi connectivity index (χ1n) is 11.5. The number of urea groups is 1. The lowest BCUT2D eigenvalue weighted by atomic mass is 9.94. The summed E-state index contributed by atoms with van der Waals surface area (Å²) in [5, 5.41) is 7.43. The van der Waals surface area contributed by atoms with Crippen LogP contribution in [0.1, 0.15) is 36.9 Å². The Morgan fingerprint density at radius 1 is 1.03 bits per heavy atom. The van der Waals surface area contributed by atoms with Gasteiger partial charge in [0.2, 0.25) is 5.82 Å². The summed E-state index contributed by atoms with van der Waals surface area (Å²) in [6.07, 6.45) is 2.92. The normalized spacial score (nSPS) is 15.9. The minimum atomic E-state index is -0.415. The molecule has 176 valence electrons. The van der Waals surface area contributed by atoms with Crippen molar-refractivity contribution in [2.45, 2.75) is 31.2 Å². The second-order valence-electron chi connectivity index (χ2n) is 8.30. The maximum absolute atomic E-state index is 13.4. The highest BCUT2D eigenvalue weighted by Gasteiger charge is 2.36. The first-order chi connectivity index (χ1) is 17.1. The number of thioether (sulfide) groups is 1. The van der Waals surface area contributed by atoms with E-state index in [4.69, 9.17) is 9.51 Å². The van der Waals surface area contributed by atoms with Gasteiger partial charge in [0.25, 0.3) is 5.89 Å². The van der Waals surface area contributed by atoms with E-state index in [2.05, 4.69) is 23.5 Å². The van der Waals surface area contributed by atoms with Gasteiger partial charge in [-0.2, -0.15) is 4.98 Å². The molecule has 0 aliphatic carbocycles. The molecule has 6 nitrogen and oxygen atoms in total. The average Bonchev–Trinajstić information content (AvgIpc) is 3.39. The zero-order valence-corrected chi connectivity index (χ0v) is 20.7. The van der Waals surface area contributed by atoms with Crippen LogP contribution in [0.15, 0.2) is 94.0 Å². The van der Waals surface area contributed by atoms with E-state index in [0.29, 0.717) is 11.7 Å². The molecular formula is C28H26N4O2S. The summed E-state index contributed by atoms with van der Waals surface area (Å²) in [5.74, 6) is 0.896. The number of amides is 2. The molecule has 0 fully saturated rings. The predicted molar refractivity (Wildman–Crippen MR) is 140 cm³/mol. The molecule has 1 aromatic heterocycles. The van der Waals surface area contributed by atoms with Crippen LogP contribution < -0.4 is 10.2 Å². The maximum atomic E-state index is 13.4. The molecule has 1 aliphatic heterocycles. The third kappa shape index (κ3) is 4.47. The van der Waals surface area contributed by atoms with Crippen molar-refractivity contribution >= 4 is 29.1 Å². The van der Waals surface area contributed by atoms with Gasteiger partial charge in [-0.15, -0.1) is 11.8 Å². The first kappa shape index (κ1) is 22.9. The Morgan fingerprint density at radius 3 is 2.51 bits per heavy atom. The van der Waals surface area contributed by atoms with Crippen LogP contribution in [-0.4, -0.2) is 22.4 Å². The number of hydrogen-bond acceptors (Lipinski definition) is 5. The van der Waals surface area contributed by atoms with Gasteiger partial charge < -0.3 is 9.84 Å². The summed E-state index contributed by atoms with van der Waals surface area (Å²) < 4.78 is 5.80. The largest absolute Gasteiger partial charge is 0.334 e. The second kappa shape index (κ2) is 9.80. The van der Waals surface area contributed by atoms with Crippen molar-refractivity contribution in [2.24, 2.45) is 0 Å². The maximum Gasteiger partial charge on any atom is 0.326 e. The molecule has 2 amide bonds. The van der Waals surface area contributed by atoms with Gasteiger partial charge >= 0.3 is 6.03 Å². The zero-order chi connectivity index (χ0) is 24.4. The number of carbonyl (C=O) groups is 1. The topological polar surface area (TPSA) is 71.3 Å². The average molecular weight is 483 g/mol. The van der Waals surface area contributed by atoms with E-state index in [-0.39, 0.29) is 6.03 Å². The Bertz CT molecular complexity index is 1380. The predicted octanol–water partition coefficient (Wildman–Crippen LogP) is 6.72. The molecule has 5 rings (SSSR count). The highest BCUT2D eigenvalue weighted by molar-refractivity contribution is 7.98. The Morgan fingerprint density at radius 2 is 1.80 bits per heavy atom. The van der Waals surface area contributed by atoms with E-state index in [1.165, 1.54) is 4.90 Å². The molecule has 7 heteroatoms. The Hall–Kier alpha value is -3.84. The zero-order valence-electron chi connectivity index (χ0n) is 19.9. The summed E-state index contributed by atoms with van der Waals surface area (Å²) >= 11 is 1.68. The van der Waals surface area contributed by atoms with Gasteiger partial charge in [-0.25, -0.2) is 4.79 Å². The monoisotopic (exact) mass is 482 g/mol. The van der Waals surface area contributed by atoms with Crippen molar-refractivity contribution in [2.75, 3.05) is 11.2 Å². The fourth-order valence-electron chi connectivity index (χ4n) is 4.33. The fourth-order valence-corrected chi connectivity index (χ4v) is 4.74. The SMILES string of the molecule is CCc1cccc(N2C(=O)NC(c3ccccc3)C(c3nc(-c4ccc(SC)cc4)no3)=C2C)c1. The van der Waals surface area contributed by atoms with Crippen molar-refractivity contribution < 1.29 is 9.32 Å². The second-order valence-corrected chi connectivity index (χ2v) is 9.18. The molecule has 0 spiro atoms. The molecule has 0 radical (unpaired) electrons. The fraction of sp³-hybridized carbons (Fsp3) is 0.179. The first-order valence-corrected chi connectivity index (χ1v) is 12.7. The summed E-state index contributed by atoms with van der Waals surface area (Å²) in [6, 6.07) is 25.3. The van der Waals surface area contributed by atoms with Crippen molar-refractivity contribution in [3.8, 4) is 11.4 Å². The molecule has 0 bridgehead atoms. The number of nitrogens with zero attached hydrogens (tertiary/aromatic N) is 3. The number of anilines is 1. The van der Waals surface area contributed by atoms with Crippen LogP contribution in [0.5, 0.6) is 0 Å². The number of aryl methyl sites for hydroxylation is 1. The van der Waals surface area contributed by atoms with Crippen molar-refractivity contribution in [1.82, 2.24) is 15.5 Å². The molecule has 0 saturated heterocycles. The quantitative estimate of drug-likeness (QED) is 0.309. The highest BCUT2D eigenvalue weighted by atomic mass is 32.2. The minimum absolute atomic E-state index is 0.194. The smallest absolute Gasteiger partial charge is 0.326 e. The van der Waals surface area contributed by atoms with Crippen molar-refractivity contribution in [3.05, 3.63) is 102 Å². The molecule has 1 atom stereocenters. The standard InChI is InChI=1S/C28H26N4O2S/c1-4-19-9-8-12-22(17-19)32-18(2)24(25(29-28(32)33)20-10-6-5-7-11-20)27-30-26(31-34-27)21-13-15-23(35-3)16-14-21/h5-17,25H,4H2,1-3H3,(H,29,33). The molecule has 0 saturated carbocycles. The number of rotatable bonds is 6. The Labute approximate surface area is 209 Å². The minimum Gasteiger partial charge on any atom is -0.334 e. The van der Waals surface area contributed by atoms with Gasteiger partial charge in [0.15, 0.2) is 0 Å². The van der Waals surface area contributed by atoms with E-state index < -0.39 is 6.04 Å². The van der Waals surface area contributed by atoms with Crippen LogP contribution in [0, 0.1) is 0 Å².